The smallest absolute Gasteiger partial charge is 0.496 e. The van der Waals surface area contributed by atoms with E-state index in [2.05, 4.69) is 34.1 Å². The van der Waals surface area contributed by atoms with Gasteiger partial charge in [-0.25, -0.2) is 0 Å². The van der Waals surface area contributed by atoms with Crippen LogP contribution >= 0.6 is 0 Å². The first kappa shape index (κ1) is 22.2. The maximum Gasteiger partial charge on any atom is 0.573 e. The third-order valence-electron chi connectivity index (χ3n) is 4.60. The van der Waals surface area contributed by atoms with E-state index in [1.165, 1.54) is 18.2 Å². The highest BCUT2D eigenvalue weighted by Gasteiger charge is 2.32. The summed E-state index contributed by atoms with van der Waals surface area (Å²) in [6.45, 7) is 4.18. The number of amides is 1. The fraction of sp³-hybridized carbons (Fsp3) is 0.273. The van der Waals surface area contributed by atoms with Crippen LogP contribution in [0.2, 0.25) is 0 Å². The highest BCUT2D eigenvalue weighted by Crippen LogP contribution is 2.32. The third kappa shape index (κ3) is 5.56. The number of alkyl halides is 3. The topological polar surface area (TPSA) is 76.2 Å². The molecule has 6 nitrogen and oxygen atoms in total. The van der Waals surface area contributed by atoms with E-state index in [1.54, 1.807) is 13.2 Å². The standard InChI is InChI=1S/C22H22F3N3O3/c1-13(2)14-8-9-19(30-3)17(10-14)18-11-15(27-28-18)12-26-21(29)16-6-4-5-7-20(16)31-22(23,24)25/h4-11,13H,12H2,1-3H3,(H,26,29)(H,27,28). The van der Waals surface area contributed by atoms with E-state index in [1.807, 2.05) is 18.2 Å². The summed E-state index contributed by atoms with van der Waals surface area (Å²) >= 11 is 0. The fourth-order valence-corrected chi connectivity index (χ4v) is 3.02. The number of ether oxygens (including phenoxy) is 2. The molecule has 0 unspecified atom stereocenters. The van der Waals surface area contributed by atoms with E-state index in [9.17, 15) is 18.0 Å². The average Bonchev–Trinajstić information content (AvgIpc) is 3.19. The first-order valence-electron chi connectivity index (χ1n) is 9.53. The maximum atomic E-state index is 12.6. The normalized spacial score (nSPS) is 11.5. The van der Waals surface area contributed by atoms with Gasteiger partial charge in [0.15, 0.2) is 0 Å². The fourth-order valence-electron chi connectivity index (χ4n) is 3.02. The molecule has 3 aromatic rings. The van der Waals surface area contributed by atoms with Gasteiger partial charge in [-0.3, -0.25) is 9.89 Å². The molecule has 0 spiro atoms. The van der Waals surface area contributed by atoms with Crippen LogP contribution in [0.5, 0.6) is 11.5 Å². The van der Waals surface area contributed by atoms with Crippen molar-refractivity contribution in [2.45, 2.75) is 32.7 Å². The molecule has 0 atom stereocenters. The van der Waals surface area contributed by atoms with E-state index in [4.69, 9.17) is 4.74 Å². The minimum Gasteiger partial charge on any atom is -0.496 e. The molecule has 0 bridgehead atoms. The zero-order valence-electron chi connectivity index (χ0n) is 17.2. The Hall–Kier alpha value is -3.49. The van der Waals surface area contributed by atoms with Crippen molar-refractivity contribution in [2.24, 2.45) is 0 Å². The van der Waals surface area contributed by atoms with Gasteiger partial charge < -0.3 is 14.8 Å². The molecule has 1 aromatic heterocycles. The van der Waals surface area contributed by atoms with Crippen LogP contribution in [-0.4, -0.2) is 29.6 Å². The molecule has 3 rings (SSSR count). The first-order chi connectivity index (χ1) is 14.7. The summed E-state index contributed by atoms with van der Waals surface area (Å²) in [4.78, 5) is 12.4. The number of rotatable bonds is 7. The highest BCUT2D eigenvalue weighted by atomic mass is 19.4. The van der Waals surface area contributed by atoms with Gasteiger partial charge in [0, 0.05) is 5.56 Å². The second-order valence-corrected chi connectivity index (χ2v) is 7.11. The van der Waals surface area contributed by atoms with Crippen molar-refractivity contribution in [3.8, 4) is 22.8 Å². The molecule has 2 aromatic carbocycles. The molecular weight excluding hydrogens is 411 g/mol. The van der Waals surface area contributed by atoms with Crippen molar-refractivity contribution >= 4 is 5.91 Å². The van der Waals surface area contributed by atoms with Gasteiger partial charge in [-0.15, -0.1) is 13.2 Å². The number of H-pyrrole nitrogens is 1. The van der Waals surface area contributed by atoms with Gasteiger partial charge in [-0.05, 0) is 41.8 Å². The summed E-state index contributed by atoms with van der Waals surface area (Å²) in [5.41, 5.74) is 2.94. The number of carbonyl (C=O) groups is 1. The number of nitrogens with zero attached hydrogens (tertiary/aromatic N) is 1. The lowest BCUT2D eigenvalue weighted by Crippen LogP contribution is -2.25. The molecular formula is C22H22F3N3O3. The minimum atomic E-state index is -4.89. The van der Waals surface area contributed by atoms with Crippen LogP contribution in [0.15, 0.2) is 48.5 Å². The molecule has 0 aliphatic carbocycles. The van der Waals surface area contributed by atoms with E-state index >= 15 is 0 Å². The van der Waals surface area contributed by atoms with Crippen LogP contribution in [0.3, 0.4) is 0 Å². The predicted octanol–water partition coefficient (Wildman–Crippen LogP) is 5.04. The van der Waals surface area contributed by atoms with Gasteiger partial charge in [-0.1, -0.05) is 32.0 Å². The first-order valence-corrected chi connectivity index (χ1v) is 9.53. The zero-order valence-corrected chi connectivity index (χ0v) is 17.2. The third-order valence-corrected chi connectivity index (χ3v) is 4.60. The summed E-state index contributed by atoms with van der Waals surface area (Å²) in [7, 11) is 1.58. The Balaban J connectivity index is 1.75. The van der Waals surface area contributed by atoms with E-state index in [0.717, 1.165) is 17.2 Å². The summed E-state index contributed by atoms with van der Waals surface area (Å²) in [6, 6.07) is 12.8. The highest BCUT2D eigenvalue weighted by molar-refractivity contribution is 5.96. The van der Waals surface area contributed by atoms with Crippen LogP contribution in [0.4, 0.5) is 13.2 Å². The summed E-state index contributed by atoms with van der Waals surface area (Å²) < 4.78 is 47.0. The average molecular weight is 433 g/mol. The lowest BCUT2D eigenvalue weighted by Gasteiger charge is -2.12. The molecule has 1 amide bonds. The molecule has 164 valence electrons. The number of halogens is 3. The molecule has 31 heavy (non-hydrogen) atoms. The molecule has 1 heterocycles. The number of benzene rings is 2. The molecule has 0 saturated carbocycles. The largest absolute Gasteiger partial charge is 0.573 e. The molecule has 0 aliphatic heterocycles. The summed E-state index contributed by atoms with van der Waals surface area (Å²) in [5.74, 6) is -0.276. The van der Waals surface area contributed by atoms with Crippen molar-refractivity contribution in [3.63, 3.8) is 0 Å². The number of methoxy groups -OCH3 is 1. The number of hydrogen-bond acceptors (Lipinski definition) is 4. The molecule has 0 radical (unpaired) electrons. The van der Waals surface area contributed by atoms with Gasteiger partial charge in [0.1, 0.15) is 11.5 Å². The number of aromatic nitrogens is 2. The zero-order chi connectivity index (χ0) is 22.6. The number of nitrogens with one attached hydrogen (secondary N) is 2. The van der Waals surface area contributed by atoms with E-state index < -0.39 is 18.0 Å². The predicted molar refractivity (Wildman–Crippen MR) is 109 cm³/mol. The SMILES string of the molecule is COc1ccc(C(C)C)cc1-c1cc(CNC(=O)c2ccccc2OC(F)(F)F)n[nH]1. The van der Waals surface area contributed by atoms with Crippen LogP contribution in [0.25, 0.3) is 11.3 Å². The summed E-state index contributed by atoms with van der Waals surface area (Å²) in [6.07, 6.45) is -4.89. The Morgan fingerprint density at radius 2 is 1.87 bits per heavy atom. The monoisotopic (exact) mass is 433 g/mol. The number of para-hydroxylation sites is 1. The molecule has 0 saturated heterocycles. The molecule has 2 N–H and O–H groups in total. The Kier molecular flexibility index (Phi) is 6.53. The van der Waals surface area contributed by atoms with Crippen LogP contribution in [0, 0.1) is 0 Å². The minimum absolute atomic E-state index is 0.0157. The lowest BCUT2D eigenvalue weighted by molar-refractivity contribution is -0.274. The molecule has 0 fully saturated rings. The Morgan fingerprint density at radius 3 is 2.55 bits per heavy atom. The van der Waals surface area contributed by atoms with Gasteiger partial charge in [0.2, 0.25) is 0 Å². The number of carbonyl (C=O) groups excluding carboxylic acids is 1. The quantitative estimate of drug-likeness (QED) is 0.548. The lowest BCUT2D eigenvalue weighted by atomic mass is 9.99. The molecule has 0 aliphatic rings. The van der Waals surface area contributed by atoms with Gasteiger partial charge in [0.05, 0.1) is 30.6 Å². The van der Waals surface area contributed by atoms with Crippen molar-refractivity contribution in [3.05, 3.63) is 65.4 Å². The van der Waals surface area contributed by atoms with E-state index in [-0.39, 0.29) is 12.1 Å². The number of aromatic amines is 1. The van der Waals surface area contributed by atoms with Crippen molar-refractivity contribution in [1.29, 1.82) is 0 Å². The summed E-state index contributed by atoms with van der Waals surface area (Å²) in [5, 5.41) is 9.66. The Bertz CT molecular complexity index is 1060. The number of hydrogen-bond donors (Lipinski definition) is 2. The maximum absolute atomic E-state index is 12.6. The molecule has 9 heteroatoms. The van der Waals surface area contributed by atoms with Gasteiger partial charge in [-0.2, -0.15) is 5.10 Å². The van der Waals surface area contributed by atoms with Gasteiger partial charge in [0.25, 0.3) is 5.91 Å². The van der Waals surface area contributed by atoms with Crippen molar-refractivity contribution < 1.29 is 27.4 Å². The Labute approximate surface area is 177 Å². The Morgan fingerprint density at radius 1 is 1.13 bits per heavy atom. The second kappa shape index (κ2) is 9.11. The second-order valence-electron chi connectivity index (χ2n) is 7.11. The van der Waals surface area contributed by atoms with E-state index in [0.29, 0.717) is 23.1 Å². The van der Waals surface area contributed by atoms with Crippen molar-refractivity contribution in [2.75, 3.05) is 7.11 Å². The van der Waals surface area contributed by atoms with Gasteiger partial charge >= 0.3 is 6.36 Å². The van der Waals surface area contributed by atoms with Crippen LogP contribution in [-0.2, 0) is 6.54 Å². The van der Waals surface area contributed by atoms with Crippen LogP contribution < -0.4 is 14.8 Å². The van der Waals surface area contributed by atoms with Crippen LogP contribution in [0.1, 0.15) is 41.4 Å². The van der Waals surface area contributed by atoms with Crippen molar-refractivity contribution in [1.82, 2.24) is 15.5 Å².